The number of carbonyl (C=O) groups is 1. The summed E-state index contributed by atoms with van der Waals surface area (Å²) in [4.78, 5) is 35.8. The minimum absolute atomic E-state index is 0.0112. The highest BCUT2D eigenvalue weighted by Crippen LogP contribution is 2.12. The van der Waals surface area contributed by atoms with E-state index in [1.165, 1.54) is 36.2 Å². The lowest BCUT2D eigenvalue weighted by atomic mass is 10.2. The number of ketones is 1. The number of aryl methyl sites for hydroxylation is 1. The van der Waals surface area contributed by atoms with Gasteiger partial charge in [-0.3, -0.25) is 14.2 Å². The summed E-state index contributed by atoms with van der Waals surface area (Å²) >= 11 is 1.27. The average Bonchev–Trinajstić information content (AvgIpc) is 2.84. The van der Waals surface area contributed by atoms with E-state index in [0.29, 0.717) is 4.88 Å². The van der Waals surface area contributed by atoms with Crippen molar-refractivity contribution < 1.29 is 4.79 Å². The van der Waals surface area contributed by atoms with Gasteiger partial charge in [0.15, 0.2) is 0 Å². The van der Waals surface area contributed by atoms with Crippen LogP contribution in [0.3, 0.4) is 0 Å². The van der Waals surface area contributed by atoms with E-state index < -0.39 is 11.2 Å². The van der Waals surface area contributed by atoms with Gasteiger partial charge in [0.05, 0.1) is 4.88 Å². The average molecular weight is 250 g/mol. The highest BCUT2D eigenvalue weighted by molar-refractivity contribution is 7.12. The summed E-state index contributed by atoms with van der Waals surface area (Å²) in [6, 6.07) is 3.39. The van der Waals surface area contributed by atoms with Crippen LogP contribution in [-0.4, -0.2) is 14.9 Å². The van der Waals surface area contributed by atoms with E-state index in [2.05, 4.69) is 0 Å². The molecular weight excluding hydrogens is 240 g/mol. The molecule has 0 unspecified atom stereocenters. The first-order valence-electron chi connectivity index (χ1n) is 4.87. The van der Waals surface area contributed by atoms with Gasteiger partial charge >= 0.3 is 5.69 Å². The second-order valence-corrected chi connectivity index (χ2v) is 4.55. The summed E-state index contributed by atoms with van der Waals surface area (Å²) in [7, 11) is 2.86. The van der Waals surface area contributed by atoms with Crippen LogP contribution in [0.25, 0.3) is 0 Å². The third-order valence-electron chi connectivity index (χ3n) is 2.44. The van der Waals surface area contributed by atoms with E-state index in [9.17, 15) is 14.4 Å². The third kappa shape index (κ3) is 1.87. The third-order valence-corrected chi connectivity index (χ3v) is 3.30. The van der Waals surface area contributed by atoms with Crippen LogP contribution < -0.4 is 11.2 Å². The molecule has 6 heteroatoms. The van der Waals surface area contributed by atoms with E-state index in [4.69, 9.17) is 0 Å². The Kier molecular flexibility index (Phi) is 2.81. The Labute approximate surface area is 101 Å². The highest BCUT2D eigenvalue weighted by atomic mass is 32.1. The maximum Gasteiger partial charge on any atom is 0.330 e. The molecule has 0 N–H and O–H groups in total. The molecule has 88 valence electrons. The van der Waals surface area contributed by atoms with Crippen molar-refractivity contribution in [1.29, 1.82) is 0 Å². The fourth-order valence-electron chi connectivity index (χ4n) is 1.50. The molecule has 17 heavy (non-hydrogen) atoms. The predicted molar refractivity (Wildman–Crippen MR) is 64.7 cm³/mol. The Morgan fingerprint density at radius 1 is 1.29 bits per heavy atom. The Morgan fingerprint density at radius 2 is 2.00 bits per heavy atom. The van der Waals surface area contributed by atoms with Crippen LogP contribution in [0.1, 0.15) is 15.2 Å². The lowest BCUT2D eigenvalue weighted by molar-refractivity contribution is 0.103. The van der Waals surface area contributed by atoms with Crippen LogP contribution in [0, 0.1) is 0 Å². The fraction of sp³-hybridized carbons (Fsp3) is 0.182. The zero-order valence-electron chi connectivity index (χ0n) is 9.34. The Hall–Kier alpha value is -1.95. The Bertz CT molecular complexity index is 680. The molecule has 0 saturated heterocycles. The maximum atomic E-state index is 12.0. The minimum atomic E-state index is -0.563. The van der Waals surface area contributed by atoms with Gasteiger partial charge in [-0.05, 0) is 11.4 Å². The first-order valence-corrected chi connectivity index (χ1v) is 5.75. The molecule has 0 fully saturated rings. The van der Waals surface area contributed by atoms with Gasteiger partial charge in [-0.15, -0.1) is 11.3 Å². The van der Waals surface area contributed by atoms with Crippen molar-refractivity contribution in [3.05, 3.63) is 55.0 Å². The second-order valence-electron chi connectivity index (χ2n) is 3.61. The molecule has 2 heterocycles. The number of hydrogen-bond acceptors (Lipinski definition) is 4. The molecule has 0 aliphatic heterocycles. The molecule has 0 atom stereocenters. The van der Waals surface area contributed by atoms with Crippen molar-refractivity contribution in [1.82, 2.24) is 9.13 Å². The Morgan fingerprint density at radius 3 is 2.59 bits per heavy atom. The van der Waals surface area contributed by atoms with Gasteiger partial charge in [-0.25, -0.2) is 4.79 Å². The van der Waals surface area contributed by atoms with Crippen molar-refractivity contribution in [3.8, 4) is 0 Å². The first-order chi connectivity index (χ1) is 8.02. The standard InChI is InChI=1S/C11H10N2O3S/c1-12-6-7(10(15)13(2)11(12)16)9(14)8-4-3-5-17-8/h3-6H,1-2H3. The second kappa shape index (κ2) is 4.14. The summed E-state index contributed by atoms with van der Waals surface area (Å²) < 4.78 is 2.16. The number of hydrogen-bond donors (Lipinski definition) is 0. The number of nitrogens with zero attached hydrogens (tertiary/aromatic N) is 2. The van der Waals surface area contributed by atoms with Gasteiger partial charge < -0.3 is 4.57 Å². The number of rotatable bonds is 2. The SMILES string of the molecule is Cn1cc(C(=O)c2cccs2)c(=O)n(C)c1=O. The van der Waals surface area contributed by atoms with Crippen molar-refractivity contribution in [2.45, 2.75) is 0 Å². The predicted octanol–water partition coefficient (Wildman–Crippen LogP) is 0.376. The van der Waals surface area contributed by atoms with E-state index in [-0.39, 0.29) is 11.3 Å². The topological polar surface area (TPSA) is 61.1 Å². The summed E-state index contributed by atoms with van der Waals surface area (Å²) in [6.07, 6.45) is 1.28. The fourth-order valence-corrected chi connectivity index (χ4v) is 2.18. The molecule has 2 aromatic rings. The quantitative estimate of drug-likeness (QED) is 0.724. The van der Waals surface area contributed by atoms with Crippen LogP contribution >= 0.6 is 11.3 Å². The van der Waals surface area contributed by atoms with Crippen LogP contribution in [0.5, 0.6) is 0 Å². The van der Waals surface area contributed by atoms with Gasteiger partial charge in [0.1, 0.15) is 5.56 Å². The molecule has 0 aliphatic carbocycles. The molecule has 0 bridgehead atoms. The molecule has 0 saturated carbocycles. The van der Waals surface area contributed by atoms with E-state index in [1.807, 2.05) is 0 Å². The van der Waals surface area contributed by atoms with Gasteiger partial charge in [0, 0.05) is 20.3 Å². The number of carbonyl (C=O) groups excluding carboxylic acids is 1. The van der Waals surface area contributed by atoms with E-state index >= 15 is 0 Å². The molecule has 5 nitrogen and oxygen atoms in total. The van der Waals surface area contributed by atoms with E-state index in [1.54, 1.807) is 17.5 Å². The summed E-state index contributed by atoms with van der Waals surface area (Å²) in [5.74, 6) is -0.351. The molecule has 2 rings (SSSR count). The van der Waals surface area contributed by atoms with Crippen molar-refractivity contribution >= 4 is 17.1 Å². The largest absolute Gasteiger partial charge is 0.330 e. The molecule has 2 aromatic heterocycles. The van der Waals surface area contributed by atoms with Crippen molar-refractivity contribution in [3.63, 3.8) is 0 Å². The lowest BCUT2D eigenvalue weighted by Crippen LogP contribution is -2.39. The van der Waals surface area contributed by atoms with Crippen LogP contribution in [0.2, 0.25) is 0 Å². The number of thiophene rings is 1. The zero-order chi connectivity index (χ0) is 12.6. The van der Waals surface area contributed by atoms with Gasteiger partial charge in [0.2, 0.25) is 5.78 Å². The van der Waals surface area contributed by atoms with Crippen molar-refractivity contribution in [2.75, 3.05) is 0 Å². The summed E-state index contributed by atoms with van der Waals surface area (Å²) in [6.45, 7) is 0. The minimum Gasteiger partial charge on any atom is -0.303 e. The van der Waals surface area contributed by atoms with Crippen LogP contribution in [0.4, 0.5) is 0 Å². The number of aromatic nitrogens is 2. The normalized spacial score (nSPS) is 10.5. The van der Waals surface area contributed by atoms with Gasteiger partial charge in [0.25, 0.3) is 5.56 Å². The first kappa shape index (κ1) is 11.5. The summed E-state index contributed by atoms with van der Waals surface area (Å²) in [5.41, 5.74) is -0.999. The van der Waals surface area contributed by atoms with Crippen LogP contribution in [-0.2, 0) is 14.1 Å². The van der Waals surface area contributed by atoms with Gasteiger partial charge in [-0.2, -0.15) is 0 Å². The molecule has 0 aromatic carbocycles. The molecule has 0 radical (unpaired) electrons. The molecule has 0 aliphatic rings. The molecule has 0 amide bonds. The molecular formula is C11H10N2O3S. The monoisotopic (exact) mass is 250 g/mol. The summed E-state index contributed by atoms with van der Waals surface area (Å²) in [5, 5.41) is 1.76. The van der Waals surface area contributed by atoms with Crippen molar-refractivity contribution in [2.24, 2.45) is 14.1 Å². The zero-order valence-corrected chi connectivity index (χ0v) is 10.2. The molecule has 0 spiro atoms. The van der Waals surface area contributed by atoms with Gasteiger partial charge in [-0.1, -0.05) is 6.07 Å². The Balaban J connectivity index is 2.66. The lowest BCUT2D eigenvalue weighted by Gasteiger charge is -2.04. The highest BCUT2D eigenvalue weighted by Gasteiger charge is 2.16. The maximum absolute atomic E-state index is 12.0. The smallest absolute Gasteiger partial charge is 0.303 e. The van der Waals surface area contributed by atoms with E-state index in [0.717, 1.165) is 4.57 Å². The van der Waals surface area contributed by atoms with Crippen LogP contribution in [0.15, 0.2) is 33.3 Å².